The summed E-state index contributed by atoms with van der Waals surface area (Å²) in [6, 6.07) is 4.70. The molecule has 2 aliphatic rings. The predicted octanol–water partition coefficient (Wildman–Crippen LogP) is 2.16. The van der Waals surface area contributed by atoms with Gasteiger partial charge in [-0.05, 0) is 42.5 Å². The van der Waals surface area contributed by atoms with Crippen molar-refractivity contribution in [2.75, 3.05) is 24.6 Å². The zero-order valence-corrected chi connectivity index (χ0v) is 13.4. The molecule has 2 heterocycles. The molecule has 1 N–H and O–H groups in total. The topological polar surface area (TPSA) is 46.2 Å². The van der Waals surface area contributed by atoms with E-state index in [9.17, 15) is 12.8 Å². The number of sulfone groups is 1. The SMILES string of the molecule is O=S1(=O)CCC(C2(Cc3cc(F)ccc3Br)CNC2)C1. The molecule has 1 aromatic carbocycles. The summed E-state index contributed by atoms with van der Waals surface area (Å²) >= 11 is 3.46. The average molecular weight is 362 g/mol. The fourth-order valence-corrected chi connectivity index (χ4v) is 5.67. The van der Waals surface area contributed by atoms with E-state index in [-0.39, 0.29) is 22.9 Å². The van der Waals surface area contributed by atoms with Crippen LogP contribution in [0.5, 0.6) is 0 Å². The Balaban J connectivity index is 1.85. The Morgan fingerprint density at radius 1 is 1.40 bits per heavy atom. The van der Waals surface area contributed by atoms with Crippen LogP contribution in [0, 0.1) is 17.2 Å². The van der Waals surface area contributed by atoms with E-state index in [1.54, 1.807) is 12.1 Å². The van der Waals surface area contributed by atoms with Gasteiger partial charge in [0.25, 0.3) is 0 Å². The van der Waals surface area contributed by atoms with Crippen LogP contribution in [-0.2, 0) is 16.3 Å². The van der Waals surface area contributed by atoms with E-state index in [4.69, 9.17) is 0 Å². The van der Waals surface area contributed by atoms with Gasteiger partial charge in [-0.15, -0.1) is 0 Å². The Morgan fingerprint density at radius 2 is 2.15 bits per heavy atom. The predicted molar refractivity (Wildman–Crippen MR) is 79.9 cm³/mol. The summed E-state index contributed by atoms with van der Waals surface area (Å²) in [7, 11) is -2.88. The first kappa shape index (κ1) is 14.5. The maximum atomic E-state index is 13.4. The smallest absolute Gasteiger partial charge is 0.150 e. The summed E-state index contributed by atoms with van der Waals surface area (Å²) < 4.78 is 37.7. The van der Waals surface area contributed by atoms with Crippen molar-refractivity contribution in [2.45, 2.75) is 12.8 Å². The van der Waals surface area contributed by atoms with Crippen LogP contribution < -0.4 is 5.32 Å². The lowest BCUT2D eigenvalue weighted by Gasteiger charge is -2.47. The monoisotopic (exact) mass is 361 g/mol. The maximum Gasteiger partial charge on any atom is 0.150 e. The van der Waals surface area contributed by atoms with Crippen molar-refractivity contribution in [1.29, 1.82) is 0 Å². The van der Waals surface area contributed by atoms with E-state index in [0.29, 0.717) is 5.75 Å². The van der Waals surface area contributed by atoms with Crippen LogP contribution in [0.3, 0.4) is 0 Å². The quantitative estimate of drug-likeness (QED) is 0.897. The second-order valence-electron chi connectivity index (χ2n) is 5.98. The van der Waals surface area contributed by atoms with Crippen LogP contribution in [0.1, 0.15) is 12.0 Å². The van der Waals surface area contributed by atoms with Crippen molar-refractivity contribution in [3.05, 3.63) is 34.1 Å². The second-order valence-corrected chi connectivity index (χ2v) is 9.06. The number of halogens is 2. The van der Waals surface area contributed by atoms with Crippen molar-refractivity contribution in [3.63, 3.8) is 0 Å². The van der Waals surface area contributed by atoms with E-state index in [1.807, 2.05) is 0 Å². The largest absolute Gasteiger partial charge is 0.315 e. The molecule has 110 valence electrons. The molecule has 1 atom stereocenters. The van der Waals surface area contributed by atoms with E-state index in [2.05, 4.69) is 21.2 Å². The van der Waals surface area contributed by atoms with Crippen molar-refractivity contribution in [3.8, 4) is 0 Å². The van der Waals surface area contributed by atoms with Crippen LogP contribution in [0.2, 0.25) is 0 Å². The van der Waals surface area contributed by atoms with Gasteiger partial charge in [-0.3, -0.25) is 0 Å². The van der Waals surface area contributed by atoms with E-state index < -0.39 is 9.84 Å². The number of hydrogen-bond donors (Lipinski definition) is 1. The molecule has 0 spiro atoms. The summed E-state index contributed by atoms with van der Waals surface area (Å²) in [5, 5.41) is 3.26. The molecule has 0 aromatic heterocycles. The standard InChI is InChI=1S/C14H17BrFNO2S/c15-13-2-1-12(16)5-10(13)6-14(8-17-9-14)11-3-4-20(18,19)7-11/h1-2,5,11,17H,3-4,6-9H2. The highest BCUT2D eigenvalue weighted by Gasteiger charge is 2.48. The van der Waals surface area contributed by atoms with E-state index in [0.717, 1.165) is 36.0 Å². The highest BCUT2D eigenvalue weighted by atomic mass is 79.9. The van der Waals surface area contributed by atoms with Gasteiger partial charge in [-0.25, -0.2) is 12.8 Å². The number of rotatable bonds is 3. The number of benzene rings is 1. The highest BCUT2D eigenvalue weighted by Crippen LogP contribution is 2.42. The van der Waals surface area contributed by atoms with Crippen LogP contribution in [0.25, 0.3) is 0 Å². The molecular weight excluding hydrogens is 345 g/mol. The third-order valence-electron chi connectivity index (χ3n) is 4.60. The Morgan fingerprint density at radius 3 is 2.70 bits per heavy atom. The zero-order valence-electron chi connectivity index (χ0n) is 11.0. The molecule has 0 aliphatic carbocycles. The highest BCUT2D eigenvalue weighted by molar-refractivity contribution is 9.10. The molecule has 3 rings (SSSR count). The Labute approximate surface area is 127 Å². The fourth-order valence-electron chi connectivity index (χ4n) is 3.34. The summed E-state index contributed by atoms with van der Waals surface area (Å²) in [4.78, 5) is 0. The number of nitrogens with one attached hydrogen (secondary N) is 1. The van der Waals surface area contributed by atoms with Gasteiger partial charge in [0.1, 0.15) is 5.82 Å². The van der Waals surface area contributed by atoms with Gasteiger partial charge in [-0.1, -0.05) is 15.9 Å². The Hall–Kier alpha value is -0.460. The van der Waals surface area contributed by atoms with Gasteiger partial charge in [0.2, 0.25) is 0 Å². The molecule has 0 amide bonds. The van der Waals surface area contributed by atoms with Crippen molar-refractivity contribution in [2.24, 2.45) is 11.3 Å². The van der Waals surface area contributed by atoms with Crippen LogP contribution in [0.4, 0.5) is 4.39 Å². The van der Waals surface area contributed by atoms with Crippen molar-refractivity contribution in [1.82, 2.24) is 5.32 Å². The Kier molecular flexibility index (Phi) is 3.67. The van der Waals surface area contributed by atoms with Crippen molar-refractivity contribution >= 4 is 25.8 Å². The summed E-state index contributed by atoms with van der Waals surface area (Å²) in [5.74, 6) is 0.513. The minimum atomic E-state index is -2.88. The third kappa shape index (κ3) is 2.65. The van der Waals surface area contributed by atoms with Crippen LogP contribution >= 0.6 is 15.9 Å². The van der Waals surface area contributed by atoms with E-state index >= 15 is 0 Å². The molecule has 6 heteroatoms. The van der Waals surface area contributed by atoms with Gasteiger partial charge in [-0.2, -0.15) is 0 Å². The van der Waals surface area contributed by atoms with Gasteiger partial charge in [0.15, 0.2) is 9.84 Å². The van der Waals surface area contributed by atoms with Gasteiger partial charge in [0, 0.05) is 23.0 Å². The van der Waals surface area contributed by atoms with E-state index in [1.165, 1.54) is 6.07 Å². The third-order valence-corrected chi connectivity index (χ3v) is 7.14. The average Bonchev–Trinajstić information content (AvgIpc) is 2.69. The van der Waals surface area contributed by atoms with Gasteiger partial charge in [0.05, 0.1) is 11.5 Å². The van der Waals surface area contributed by atoms with Gasteiger partial charge >= 0.3 is 0 Å². The van der Waals surface area contributed by atoms with Crippen LogP contribution in [0.15, 0.2) is 22.7 Å². The molecule has 3 nitrogen and oxygen atoms in total. The van der Waals surface area contributed by atoms with Crippen LogP contribution in [-0.4, -0.2) is 33.0 Å². The Bertz CT molecular complexity index is 628. The summed E-state index contributed by atoms with van der Waals surface area (Å²) in [6.07, 6.45) is 1.45. The summed E-state index contributed by atoms with van der Waals surface area (Å²) in [6.45, 7) is 1.63. The zero-order chi connectivity index (χ0) is 14.4. The summed E-state index contributed by atoms with van der Waals surface area (Å²) in [5.41, 5.74) is 0.885. The number of hydrogen-bond acceptors (Lipinski definition) is 3. The minimum absolute atomic E-state index is 0.0418. The first-order valence-corrected chi connectivity index (χ1v) is 9.37. The fraction of sp³-hybridized carbons (Fsp3) is 0.571. The molecule has 2 aliphatic heterocycles. The molecule has 0 bridgehead atoms. The molecule has 0 radical (unpaired) electrons. The second kappa shape index (κ2) is 5.07. The molecule has 20 heavy (non-hydrogen) atoms. The first-order chi connectivity index (χ1) is 9.40. The molecular formula is C14H17BrFNO2S. The lowest BCUT2D eigenvalue weighted by atomic mass is 9.67. The molecule has 1 aromatic rings. The molecule has 1 unspecified atom stereocenters. The molecule has 2 saturated heterocycles. The lowest BCUT2D eigenvalue weighted by Crippen LogP contribution is -2.59. The van der Waals surface area contributed by atoms with Crippen molar-refractivity contribution < 1.29 is 12.8 Å². The first-order valence-electron chi connectivity index (χ1n) is 6.75. The molecule has 2 fully saturated rings. The molecule has 0 saturated carbocycles. The lowest BCUT2D eigenvalue weighted by molar-refractivity contribution is 0.0922. The van der Waals surface area contributed by atoms with Gasteiger partial charge < -0.3 is 5.32 Å². The maximum absolute atomic E-state index is 13.4. The minimum Gasteiger partial charge on any atom is -0.315 e. The normalized spacial score (nSPS) is 27.2.